The lowest BCUT2D eigenvalue weighted by molar-refractivity contribution is 0.103. The number of hydrogen-bond donors (Lipinski definition) is 2. The predicted octanol–water partition coefficient (Wildman–Crippen LogP) is 0.230. The van der Waals surface area contributed by atoms with Crippen molar-refractivity contribution in [1.82, 2.24) is 10.0 Å². The summed E-state index contributed by atoms with van der Waals surface area (Å²) in [4.78, 5) is -0.700. The number of ether oxygens (including phenoxy) is 1. The first kappa shape index (κ1) is 14.3. The number of methoxy groups -OCH3 is 1. The topological polar surface area (TPSA) is 67.4 Å². The van der Waals surface area contributed by atoms with Crippen LogP contribution in [-0.4, -0.2) is 40.8 Å². The fourth-order valence-electron chi connectivity index (χ4n) is 1.97. The molecule has 1 unspecified atom stereocenters. The molecule has 2 N–H and O–H groups in total. The molecule has 8 heteroatoms. The van der Waals surface area contributed by atoms with Crippen molar-refractivity contribution in [2.75, 3.05) is 20.2 Å². The van der Waals surface area contributed by atoms with Gasteiger partial charge in [-0.3, -0.25) is 0 Å². The molecule has 2 rings (SSSR count). The lowest BCUT2D eigenvalue weighted by atomic mass is 10.2. The van der Waals surface area contributed by atoms with E-state index >= 15 is 0 Å². The van der Waals surface area contributed by atoms with Gasteiger partial charge in [-0.1, -0.05) is 0 Å². The highest BCUT2D eigenvalue weighted by Crippen LogP contribution is 2.17. The molecule has 0 amide bonds. The molecule has 1 aliphatic rings. The molecule has 1 heterocycles. The van der Waals surface area contributed by atoms with E-state index in [-0.39, 0.29) is 6.10 Å². The molecule has 1 saturated heterocycles. The van der Waals surface area contributed by atoms with Crippen molar-refractivity contribution in [3.05, 3.63) is 29.8 Å². The summed E-state index contributed by atoms with van der Waals surface area (Å²) >= 11 is 0. The van der Waals surface area contributed by atoms with Crippen LogP contribution in [0.5, 0.6) is 0 Å². The molecule has 2 atom stereocenters. The van der Waals surface area contributed by atoms with Crippen molar-refractivity contribution in [3.8, 4) is 0 Å². The summed E-state index contributed by atoms with van der Waals surface area (Å²) in [5.41, 5.74) is 0. The van der Waals surface area contributed by atoms with Crippen LogP contribution in [0.25, 0.3) is 0 Å². The molecule has 0 radical (unpaired) electrons. The van der Waals surface area contributed by atoms with Crippen LogP contribution in [0.15, 0.2) is 23.1 Å². The Kier molecular flexibility index (Phi) is 4.14. The highest BCUT2D eigenvalue weighted by atomic mass is 32.2. The Morgan fingerprint density at radius 2 is 2.11 bits per heavy atom. The number of sulfonamides is 1. The third-order valence-corrected chi connectivity index (χ3v) is 4.46. The van der Waals surface area contributed by atoms with Crippen molar-refractivity contribution in [1.29, 1.82) is 0 Å². The maximum atomic E-state index is 13.5. The summed E-state index contributed by atoms with van der Waals surface area (Å²) < 4.78 is 58.0. The first-order chi connectivity index (χ1) is 8.94. The van der Waals surface area contributed by atoms with E-state index < -0.39 is 32.6 Å². The van der Waals surface area contributed by atoms with Crippen LogP contribution < -0.4 is 10.0 Å². The van der Waals surface area contributed by atoms with E-state index in [1.165, 1.54) is 7.11 Å². The zero-order valence-corrected chi connectivity index (χ0v) is 11.0. The normalized spacial score (nSPS) is 23.7. The standard InChI is InChI=1S/C11H14F2N2O3S/c1-18-10-6-14-5-9(10)15-19(16,17)11-4-7(12)2-3-8(11)13/h2-4,9-10,14-15H,5-6H2,1H3/t9?,10-/m0/s1. The summed E-state index contributed by atoms with van der Waals surface area (Å²) in [6.45, 7) is 0.865. The van der Waals surface area contributed by atoms with E-state index in [0.717, 1.165) is 12.1 Å². The van der Waals surface area contributed by atoms with Gasteiger partial charge in [-0.2, -0.15) is 0 Å². The number of halogens is 2. The highest BCUT2D eigenvalue weighted by Gasteiger charge is 2.32. The van der Waals surface area contributed by atoms with Gasteiger partial charge in [-0.05, 0) is 18.2 Å². The Balaban J connectivity index is 2.25. The number of benzene rings is 1. The summed E-state index contributed by atoms with van der Waals surface area (Å²) in [5.74, 6) is -1.80. The number of rotatable bonds is 4. The molecule has 0 bridgehead atoms. The quantitative estimate of drug-likeness (QED) is 0.833. The molecule has 1 aromatic carbocycles. The monoisotopic (exact) mass is 292 g/mol. The number of hydrogen-bond acceptors (Lipinski definition) is 4. The van der Waals surface area contributed by atoms with Crippen molar-refractivity contribution in [3.63, 3.8) is 0 Å². The van der Waals surface area contributed by atoms with Crippen LogP contribution >= 0.6 is 0 Å². The smallest absolute Gasteiger partial charge is 0.243 e. The van der Waals surface area contributed by atoms with Gasteiger partial charge in [-0.25, -0.2) is 21.9 Å². The minimum atomic E-state index is -4.12. The van der Waals surface area contributed by atoms with Gasteiger partial charge in [0.15, 0.2) is 0 Å². The zero-order chi connectivity index (χ0) is 14.0. The van der Waals surface area contributed by atoms with Crippen molar-refractivity contribution >= 4 is 10.0 Å². The van der Waals surface area contributed by atoms with Gasteiger partial charge in [0.25, 0.3) is 0 Å². The molecule has 1 aliphatic heterocycles. The Morgan fingerprint density at radius 1 is 1.37 bits per heavy atom. The zero-order valence-electron chi connectivity index (χ0n) is 10.2. The fraction of sp³-hybridized carbons (Fsp3) is 0.455. The second kappa shape index (κ2) is 5.49. The number of nitrogens with one attached hydrogen (secondary N) is 2. The molecule has 1 fully saturated rings. The van der Waals surface area contributed by atoms with Gasteiger partial charge < -0.3 is 10.1 Å². The molecule has 1 aromatic rings. The molecule has 5 nitrogen and oxygen atoms in total. The van der Waals surface area contributed by atoms with E-state index in [2.05, 4.69) is 10.0 Å². The van der Waals surface area contributed by atoms with Crippen molar-refractivity contribution in [2.45, 2.75) is 17.0 Å². The summed E-state index contributed by atoms with van der Waals surface area (Å²) in [6.07, 6.45) is -0.341. The fourth-order valence-corrected chi connectivity index (χ4v) is 3.32. The van der Waals surface area contributed by atoms with Crippen LogP contribution in [0.4, 0.5) is 8.78 Å². The van der Waals surface area contributed by atoms with Gasteiger partial charge in [0.2, 0.25) is 10.0 Å². The Hall–Kier alpha value is -1.09. The Labute approximate surface area is 110 Å². The van der Waals surface area contributed by atoms with Crippen LogP contribution in [0.3, 0.4) is 0 Å². The van der Waals surface area contributed by atoms with E-state index in [4.69, 9.17) is 4.74 Å². The maximum absolute atomic E-state index is 13.5. The summed E-state index contributed by atoms with van der Waals surface area (Å²) in [7, 11) is -2.66. The average Bonchev–Trinajstić information content (AvgIpc) is 2.78. The summed E-state index contributed by atoms with van der Waals surface area (Å²) in [5, 5.41) is 2.95. The molecule has 106 valence electrons. The van der Waals surface area contributed by atoms with Gasteiger partial charge >= 0.3 is 0 Å². The summed E-state index contributed by atoms with van der Waals surface area (Å²) in [6, 6.07) is 1.79. The van der Waals surface area contributed by atoms with Crippen molar-refractivity contribution < 1.29 is 21.9 Å². The molecule has 0 spiro atoms. The van der Waals surface area contributed by atoms with Crippen LogP contribution in [0.1, 0.15) is 0 Å². The molecular weight excluding hydrogens is 278 g/mol. The van der Waals surface area contributed by atoms with E-state index in [0.29, 0.717) is 19.2 Å². The van der Waals surface area contributed by atoms with Gasteiger partial charge in [0, 0.05) is 20.2 Å². The molecule has 0 aliphatic carbocycles. The van der Waals surface area contributed by atoms with E-state index in [1.807, 2.05) is 0 Å². The lowest BCUT2D eigenvalue weighted by Crippen LogP contribution is -2.43. The van der Waals surface area contributed by atoms with Gasteiger partial charge in [0.1, 0.15) is 16.5 Å². The first-order valence-electron chi connectivity index (χ1n) is 5.65. The Morgan fingerprint density at radius 3 is 2.79 bits per heavy atom. The minimum absolute atomic E-state index is 0.341. The second-order valence-electron chi connectivity index (χ2n) is 4.23. The van der Waals surface area contributed by atoms with Crippen LogP contribution in [0.2, 0.25) is 0 Å². The third-order valence-electron chi connectivity index (χ3n) is 2.95. The van der Waals surface area contributed by atoms with E-state index in [1.54, 1.807) is 0 Å². The van der Waals surface area contributed by atoms with E-state index in [9.17, 15) is 17.2 Å². The van der Waals surface area contributed by atoms with Crippen molar-refractivity contribution in [2.24, 2.45) is 0 Å². The predicted molar refractivity (Wildman–Crippen MR) is 64.1 cm³/mol. The SMILES string of the molecule is CO[C@H]1CNCC1NS(=O)(=O)c1cc(F)ccc1F. The maximum Gasteiger partial charge on any atom is 0.243 e. The molecular formula is C11H14F2N2O3S. The van der Waals surface area contributed by atoms with Gasteiger partial charge in [0.05, 0.1) is 12.1 Å². The third kappa shape index (κ3) is 3.08. The molecule has 19 heavy (non-hydrogen) atoms. The minimum Gasteiger partial charge on any atom is -0.378 e. The van der Waals surface area contributed by atoms with Crippen LogP contribution in [0, 0.1) is 11.6 Å². The second-order valence-corrected chi connectivity index (χ2v) is 5.92. The Bertz CT molecular complexity index is 565. The van der Waals surface area contributed by atoms with Gasteiger partial charge in [-0.15, -0.1) is 0 Å². The molecule has 0 aromatic heterocycles. The lowest BCUT2D eigenvalue weighted by Gasteiger charge is -2.18. The largest absolute Gasteiger partial charge is 0.378 e. The van der Waals surface area contributed by atoms with Crippen LogP contribution in [-0.2, 0) is 14.8 Å². The first-order valence-corrected chi connectivity index (χ1v) is 7.13. The highest BCUT2D eigenvalue weighted by molar-refractivity contribution is 7.89. The molecule has 0 saturated carbocycles. The average molecular weight is 292 g/mol.